The third-order valence-corrected chi connectivity index (χ3v) is 7.92. The van der Waals surface area contributed by atoms with Crippen molar-refractivity contribution in [3.05, 3.63) is 85.9 Å². The van der Waals surface area contributed by atoms with Gasteiger partial charge in [-0.15, -0.1) is 0 Å². The van der Waals surface area contributed by atoms with Gasteiger partial charge in [-0.05, 0) is 31.2 Å². The number of carbonyl (C=O) groups excluding carboxylic acids is 1. The van der Waals surface area contributed by atoms with Gasteiger partial charge >= 0.3 is 0 Å². The summed E-state index contributed by atoms with van der Waals surface area (Å²) in [5.74, 6) is 0.233. The molecule has 6 rings (SSSR count). The van der Waals surface area contributed by atoms with E-state index in [4.69, 9.17) is 10.4 Å². The van der Waals surface area contributed by atoms with E-state index in [-0.39, 0.29) is 11.5 Å². The summed E-state index contributed by atoms with van der Waals surface area (Å²) in [7, 11) is 3.64. The summed E-state index contributed by atoms with van der Waals surface area (Å²) < 4.78 is 5.41. The Balaban J connectivity index is 1.69. The molecule has 1 aliphatic heterocycles. The zero-order valence-electron chi connectivity index (χ0n) is 19.1. The fourth-order valence-electron chi connectivity index (χ4n) is 5.13. The van der Waals surface area contributed by atoms with Crippen molar-refractivity contribution in [3.8, 4) is 0 Å². The molecule has 0 radical (unpaired) electrons. The molecule has 0 bridgehead atoms. The fraction of sp³-hybridized carbons (Fsp3) is 0.160. The summed E-state index contributed by atoms with van der Waals surface area (Å²) in [6, 6.07) is 11.9. The first-order valence-corrected chi connectivity index (χ1v) is 12.5. The van der Waals surface area contributed by atoms with Crippen LogP contribution in [-0.4, -0.2) is 30.8 Å². The predicted molar refractivity (Wildman–Crippen MR) is 142 cm³/mol. The fourth-order valence-corrected chi connectivity index (χ4v) is 5.85. The molecule has 0 saturated carbocycles. The molecule has 5 aromatic rings. The van der Waals surface area contributed by atoms with Gasteiger partial charge in [-0.2, -0.15) is 0 Å². The molecule has 10 heteroatoms. The van der Waals surface area contributed by atoms with Crippen LogP contribution in [0.3, 0.4) is 0 Å². The van der Waals surface area contributed by atoms with Crippen molar-refractivity contribution in [2.75, 3.05) is 0 Å². The van der Waals surface area contributed by atoms with E-state index in [1.165, 1.54) is 0 Å². The number of H-pyrrole nitrogens is 2. The lowest BCUT2D eigenvalue weighted by atomic mass is 9.85. The average Bonchev–Trinajstić information content (AvgIpc) is 3.56. The van der Waals surface area contributed by atoms with Crippen LogP contribution in [0.15, 0.2) is 62.7 Å². The van der Waals surface area contributed by atoms with Gasteiger partial charge in [0.1, 0.15) is 5.84 Å². The van der Waals surface area contributed by atoms with Crippen LogP contribution in [0.5, 0.6) is 0 Å². The monoisotopic (exact) mass is 593 g/mol. The molecular weight excluding hydrogens is 574 g/mol. The largest absolute Gasteiger partial charge is 0.361 e. The van der Waals surface area contributed by atoms with Gasteiger partial charge in [-0.3, -0.25) is 10.2 Å². The minimum Gasteiger partial charge on any atom is -0.361 e. The van der Waals surface area contributed by atoms with Crippen LogP contribution in [0, 0.1) is 12.3 Å². The number of amides is 1. The first kappa shape index (κ1) is 22.1. The number of nitrogens with zero attached hydrogens (tertiary/aromatic N) is 3. The maximum atomic E-state index is 14.1. The number of halogens is 2. The number of aromatic nitrogens is 4. The normalized spacial score (nSPS) is 18.0. The standard InChI is InChI=1S/C25H21Br2N7O/c1-12-21(34(3)24(28)33(12)2)25(18-11-30-20-9-14(27)5-7-16(18)20)23(35)31-22(32-25)17-10-29-19-8-13(26)4-6-15(17)19/h4-11,28-30H,1-3H3,(H,31,32,35). The van der Waals surface area contributed by atoms with Gasteiger partial charge in [0.25, 0.3) is 5.91 Å². The quantitative estimate of drug-likeness (QED) is 0.243. The van der Waals surface area contributed by atoms with Gasteiger partial charge < -0.3 is 24.4 Å². The molecule has 176 valence electrons. The van der Waals surface area contributed by atoms with E-state index < -0.39 is 5.54 Å². The lowest BCUT2D eigenvalue weighted by Crippen LogP contribution is -2.41. The number of rotatable bonds is 3. The number of benzene rings is 2. The predicted octanol–water partition coefficient (Wildman–Crippen LogP) is 4.46. The average molecular weight is 595 g/mol. The molecule has 1 aliphatic rings. The number of fused-ring (bicyclic) bond motifs is 2. The Bertz CT molecular complexity index is 1780. The van der Waals surface area contributed by atoms with Crippen molar-refractivity contribution in [2.45, 2.75) is 12.5 Å². The topological polar surface area (TPSA) is 107 Å². The molecule has 0 saturated heterocycles. The minimum absolute atomic E-state index is 0.257. The number of hydrogen-bond acceptors (Lipinski definition) is 3. The van der Waals surface area contributed by atoms with Crippen LogP contribution in [-0.2, 0) is 24.4 Å². The van der Waals surface area contributed by atoms with Gasteiger partial charge in [0, 0.05) is 74.1 Å². The first-order chi connectivity index (χ1) is 16.7. The van der Waals surface area contributed by atoms with E-state index in [2.05, 4.69) is 47.1 Å². The maximum Gasteiger partial charge on any atom is 0.264 e. The SMILES string of the molecule is Cc1c(C2(c3c[nH]c4cc(Br)ccc34)N=C(c3c[nH]c4cc(Br)ccc34)NC2=O)n(C)c(=N)n1C. The summed E-state index contributed by atoms with van der Waals surface area (Å²) in [6.45, 7) is 1.92. The number of aromatic amines is 2. The molecule has 1 amide bonds. The molecule has 0 aliphatic carbocycles. The molecule has 0 fully saturated rings. The summed E-state index contributed by atoms with van der Waals surface area (Å²) in [5.41, 5.74) is 3.74. The van der Waals surface area contributed by atoms with E-state index in [1.807, 2.05) is 69.8 Å². The number of carbonyl (C=O) groups is 1. The second kappa shape index (κ2) is 7.56. The van der Waals surface area contributed by atoms with Crippen LogP contribution < -0.4 is 10.9 Å². The van der Waals surface area contributed by atoms with E-state index >= 15 is 0 Å². The molecule has 35 heavy (non-hydrogen) atoms. The van der Waals surface area contributed by atoms with Crippen molar-refractivity contribution in [1.82, 2.24) is 24.4 Å². The number of hydrogen-bond donors (Lipinski definition) is 4. The van der Waals surface area contributed by atoms with Gasteiger partial charge in [0.05, 0.1) is 5.69 Å². The summed E-state index contributed by atoms with van der Waals surface area (Å²) in [4.78, 5) is 25.8. The van der Waals surface area contributed by atoms with Gasteiger partial charge in [0.15, 0.2) is 0 Å². The molecule has 2 aromatic carbocycles. The second-order valence-electron chi connectivity index (χ2n) is 8.79. The lowest BCUT2D eigenvalue weighted by Gasteiger charge is -2.25. The Morgan fingerprint density at radius 3 is 2.23 bits per heavy atom. The number of amidine groups is 1. The third kappa shape index (κ3) is 2.99. The van der Waals surface area contributed by atoms with Crippen molar-refractivity contribution < 1.29 is 4.79 Å². The molecule has 8 nitrogen and oxygen atoms in total. The van der Waals surface area contributed by atoms with Crippen LogP contribution in [0.1, 0.15) is 22.5 Å². The number of nitrogens with one attached hydrogen (secondary N) is 4. The summed E-state index contributed by atoms with van der Waals surface area (Å²) >= 11 is 7.04. The highest BCUT2D eigenvalue weighted by Gasteiger charge is 2.52. The van der Waals surface area contributed by atoms with Crippen molar-refractivity contribution in [1.29, 1.82) is 5.41 Å². The zero-order valence-corrected chi connectivity index (χ0v) is 22.3. The van der Waals surface area contributed by atoms with Gasteiger partial charge in [-0.1, -0.05) is 44.0 Å². The molecule has 1 atom stereocenters. The van der Waals surface area contributed by atoms with E-state index in [0.29, 0.717) is 11.5 Å². The molecular formula is C25H21Br2N7O. The molecule has 0 spiro atoms. The third-order valence-electron chi connectivity index (χ3n) is 6.93. The van der Waals surface area contributed by atoms with Gasteiger partial charge in [0.2, 0.25) is 11.2 Å². The highest BCUT2D eigenvalue weighted by atomic mass is 79.9. The Kier molecular flexibility index (Phi) is 4.78. The van der Waals surface area contributed by atoms with E-state index in [9.17, 15) is 4.79 Å². The second-order valence-corrected chi connectivity index (χ2v) is 10.6. The number of aliphatic imine (C=N–C) groups is 1. The molecule has 4 N–H and O–H groups in total. The Hall–Kier alpha value is -3.37. The summed E-state index contributed by atoms with van der Waals surface area (Å²) in [5, 5.41) is 13.5. The molecule has 1 unspecified atom stereocenters. The first-order valence-electron chi connectivity index (χ1n) is 10.9. The highest BCUT2D eigenvalue weighted by Crippen LogP contribution is 2.43. The minimum atomic E-state index is -1.38. The molecule has 3 aromatic heterocycles. The highest BCUT2D eigenvalue weighted by molar-refractivity contribution is 9.10. The Labute approximate surface area is 216 Å². The van der Waals surface area contributed by atoms with Crippen LogP contribution in [0.25, 0.3) is 21.8 Å². The van der Waals surface area contributed by atoms with E-state index in [0.717, 1.165) is 47.6 Å². The Morgan fingerprint density at radius 2 is 1.57 bits per heavy atom. The lowest BCUT2D eigenvalue weighted by molar-refractivity contribution is -0.122. The smallest absolute Gasteiger partial charge is 0.264 e. The maximum absolute atomic E-state index is 14.1. The van der Waals surface area contributed by atoms with Crippen LogP contribution in [0.4, 0.5) is 0 Å². The van der Waals surface area contributed by atoms with Crippen molar-refractivity contribution >= 4 is 65.4 Å². The number of imidazole rings is 1. The zero-order chi connectivity index (χ0) is 24.6. The molecule has 4 heterocycles. The Morgan fingerprint density at radius 1 is 0.943 bits per heavy atom. The van der Waals surface area contributed by atoms with Crippen molar-refractivity contribution in [3.63, 3.8) is 0 Å². The van der Waals surface area contributed by atoms with Crippen LogP contribution in [0.2, 0.25) is 0 Å². The summed E-state index contributed by atoms with van der Waals surface area (Å²) in [6.07, 6.45) is 3.72. The van der Waals surface area contributed by atoms with Crippen LogP contribution >= 0.6 is 31.9 Å². The van der Waals surface area contributed by atoms with E-state index in [1.54, 1.807) is 9.13 Å². The van der Waals surface area contributed by atoms with Gasteiger partial charge in [-0.25, -0.2) is 4.99 Å². The van der Waals surface area contributed by atoms with Crippen molar-refractivity contribution in [2.24, 2.45) is 19.1 Å².